The van der Waals surface area contributed by atoms with Gasteiger partial charge in [-0.3, -0.25) is 14.5 Å². The third-order valence-electron chi connectivity index (χ3n) is 3.68. The largest absolute Gasteiger partial charge is 0.480 e. The lowest BCUT2D eigenvalue weighted by Crippen LogP contribution is -2.52. The van der Waals surface area contributed by atoms with E-state index >= 15 is 0 Å². The number of piperidine rings is 1. The van der Waals surface area contributed by atoms with Gasteiger partial charge in [-0.25, -0.2) is 0 Å². The van der Waals surface area contributed by atoms with Gasteiger partial charge in [-0.2, -0.15) is 0 Å². The zero-order chi connectivity index (χ0) is 14.4. The van der Waals surface area contributed by atoms with Gasteiger partial charge < -0.3 is 10.4 Å². The summed E-state index contributed by atoms with van der Waals surface area (Å²) in [4.78, 5) is 24.9. The molecule has 0 spiro atoms. The second-order valence-electron chi connectivity index (χ2n) is 5.91. The van der Waals surface area contributed by atoms with Crippen LogP contribution in [0.25, 0.3) is 0 Å². The van der Waals surface area contributed by atoms with Crippen LogP contribution in [-0.4, -0.2) is 47.6 Å². The van der Waals surface area contributed by atoms with Gasteiger partial charge in [-0.05, 0) is 37.6 Å². The van der Waals surface area contributed by atoms with E-state index < -0.39 is 12.0 Å². The van der Waals surface area contributed by atoms with Crippen molar-refractivity contribution < 1.29 is 14.7 Å². The number of aliphatic carboxylic acids is 1. The van der Waals surface area contributed by atoms with Crippen molar-refractivity contribution in [1.82, 2.24) is 10.2 Å². The average molecular weight is 270 g/mol. The number of carbonyl (C=O) groups is 2. The van der Waals surface area contributed by atoms with Crippen molar-refractivity contribution in [2.24, 2.45) is 11.8 Å². The van der Waals surface area contributed by atoms with Crippen LogP contribution in [-0.2, 0) is 9.59 Å². The highest BCUT2D eigenvalue weighted by Gasteiger charge is 2.34. The Hall–Kier alpha value is -1.10. The summed E-state index contributed by atoms with van der Waals surface area (Å²) in [5, 5.41) is 12.1. The van der Waals surface area contributed by atoms with Crippen LogP contribution in [0.1, 0.15) is 40.0 Å². The van der Waals surface area contributed by atoms with E-state index in [0.717, 1.165) is 19.3 Å². The highest BCUT2D eigenvalue weighted by atomic mass is 16.4. The number of carbonyl (C=O) groups excluding carboxylic acids is 1. The number of nitrogens with zero attached hydrogens (tertiary/aromatic N) is 1. The predicted molar refractivity (Wildman–Crippen MR) is 73.9 cm³/mol. The molecule has 0 aliphatic carbocycles. The number of likely N-dealkylation sites (tertiary alicyclic amines) is 1. The monoisotopic (exact) mass is 270 g/mol. The number of amides is 1. The summed E-state index contributed by atoms with van der Waals surface area (Å²) in [5.74, 6) is -0.222. The lowest BCUT2D eigenvalue weighted by Gasteiger charge is -2.36. The van der Waals surface area contributed by atoms with E-state index in [-0.39, 0.29) is 18.4 Å². The molecule has 0 bridgehead atoms. The molecule has 2 unspecified atom stereocenters. The van der Waals surface area contributed by atoms with Crippen LogP contribution in [0, 0.1) is 11.8 Å². The van der Waals surface area contributed by atoms with Gasteiger partial charge in [0.05, 0.1) is 6.54 Å². The van der Waals surface area contributed by atoms with E-state index in [9.17, 15) is 14.7 Å². The average Bonchev–Trinajstić information content (AvgIpc) is 2.27. The van der Waals surface area contributed by atoms with Crippen molar-refractivity contribution in [3.8, 4) is 0 Å². The van der Waals surface area contributed by atoms with E-state index in [2.05, 4.69) is 19.2 Å². The van der Waals surface area contributed by atoms with Gasteiger partial charge in [0.2, 0.25) is 5.91 Å². The molecule has 0 saturated carbocycles. The summed E-state index contributed by atoms with van der Waals surface area (Å²) in [7, 11) is 0. The Labute approximate surface area is 115 Å². The first-order chi connectivity index (χ1) is 8.91. The zero-order valence-electron chi connectivity index (χ0n) is 12.2. The Bertz CT molecular complexity index is 318. The van der Waals surface area contributed by atoms with E-state index in [1.54, 1.807) is 4.90 Å². The molecule has 1 aliphatic rings. The van der Waals surface area contributed by atoms with Gasteiger partial charge in [0.1, 0.15) is 6.04 Å². The maximum Gasteiger partial charge on any atom is 0.321 e. The lowest BCUT2D eigenvalue weighted by molar-refractivity contribution is -0.147. The normalized spacial score (nSPS) is 24.4. The molecule has 0 radical (unpaired) electrons. The number of hydrogen-bond donors (Lipinski definition) is 2. The van der Waals surface area contributed by atoms with Crippen LogP contribution in [0.3, 0.4) is 0 Å². The predicted octanol–water partition coefficient (Wildman–Crippen LogP) is 1.33. The topological polar surface area (TPSA) is 69.6 Å². The van der Waals surface area contributed by atoms with Gasteiger partial charge in [0.15, 0.2) is 0 Å². The Morgan fingerprint density at radius 3 is 2.68 bits per heavy atom. The maximum atomic E-state index is 11.8. The van der Waals surface area contributed by atoms with Crippen LogP contribution in [0.5, 0.6) is 0 Å². The number of nitrogens with one attached hydrogen (secondary N) is 1. The molecule has 1 aliphatic heterocycles. The van der Waals surface area contributed by atoms with E-state index in [1.807, 2.05) is 6.92 Å². The smallest absolute Gasteiger partial charge is 0.321 e. The SMILES string of the molecule is CC(C)CCNC(=O)CN1CCCC(C)C1C(=O)O. The molecule has 5 nitrogen and oxygen atoms in total. The molecule has 1 saturated heterocycles. The summed E-state index contributed by atoms with van der Waals surface area (Å²) in [6.07, 6.45) is 2.83. The molecule has 1 amide bonds. The van der Waals surface area contributed by atoms with Crippen LogP contribution in [0.4, 0.5) is 0 Å². The molecule has 0 aromatic carbocycles. The minimum absolute atomic E-state index is 0.0685. The van der Waals surface area contributed by atoms with Crippen LogP contribution < -0.4 is 5.32 Å². The van der Waals surface area contributed by atoms with Gasteiger partial charge in [-0.15, -0.1) is 0 Å². The summed E-state index contributed by atoms with van der Waals surface area (Å²) in [6.45, 7) is 7.72. The summed E-state index contributed by atoms with van der Waals surface area (Å²) < 4.78 is 0. The maximum absolute atomic E-state index is 11.8. The first kappa shape index (κ1) is 16.0. The number of hydrogen-bond acceptors (Lipinski definition) is 3. The molecule has 2 atom stereocenters. The molecule has 0 aromatic heterocycles. The first-order valence-corrected chi connectivity index (χ1v) is 7.15. The molecule has 110 valence electrons. The van der Waals surface area contributed by atoms with Crippen LogP contribution >= 0.6 is 0 Å². The lowest BCUT2D eigenvalue weighted by atomic mass is 9.91. The molecule has 1 rings (SSSR count). The van der Waals surface area contributed by atoms with Crippen molar-refractivity contribution >= 4 is 11.9 Å². The minimum Gasteiger partial charge on any atom is -0.480 e. The van der Waals surface area contributed by atoms with Crippen molar-refractivity contribution in [2.45, 2.75) is 46.1 Å². The summed E-state index contributed by atoms with van der Waals surface area (Å²) in [5.41, 5.74) is 0. The van der Waals surface area contributed by atoms with Crippen molar-refractivity contribution in [2.75, 3.05) is 19.6 Å². The fourth-order valence-electron chi connectivity index (χ4n) is 2.59. The minimum atomic E-state index is -0.817. The molecule has 0 aromatic rings. The molecule has 1 heterocycles. The second-order valence-corrected chi connectivity index (χ2v) is 5.91. The molecule has 19 heavy (non-hydrogen) atoms. The summed E-state index contributed by atoms with van der Waals surface area (Å²) >= 11 is 0. The summed E-state index contributed by atoms with van der Waals surface area (Å²) in [6, 6.07) is -0.524. The van der Waals surface area contributed by atoms with E-state index in [4.69, 9.17) is 0 Å². The number of rotatable bonds is 6. The highest BCUT2D eigenvalue weighted by molar-refractivity contribution is 5.80. The second kappa shape index (κ2) is 7.48. The quantitative estimate of drug-likeness (QED) is 0.764. The Kier molecular flexibility index (Phi) is 6.28. The standard InChI is InChI=1S/C14H26N2O3/c1-10(2)6-7-15-12(17)9-16-8-4-5-11(3)13(16)14(18)19/h10-11,13H,4-9H2,1-3H3,(H,15,17)(H,18,19). The fraction of sp³-hybridized carbons (Fsp3) is 0.857. The van der Waals surface area contributed by atoms with Crippen molar-refractivity contribution in [3.63, 3.8) is 0 Å². The fourth-order valence-corrected chi connectivity index (χ4v) is 2.59. The van der Waals surface area contributed by atoms with Gasteiger partial charge >= 0.3 is 5.97 Å². The molecule has 2 N–H and O–H groups in total. The molecular formula is C14H26N2O3. The molecular weight excluding hydrogens is 244 g/mol. The third-order valence-corrected chi connectivity index (χ3v) is 3.68. The van der Waals surface area contributed by atoms with Crippen molar-refractivity contribution in [1.29, 1.82) is 0 Å². The van der Waals surface area contributed by atoms with Crippen LogP contribution in [0.15, 0.2) is 0 Å². The zero-order valence-corrected chi connectivity index (χ0v) is 12.2. The van der Waals surface area contributed by atoms with E-state index in [1.165, 1.54) is 0 Å². The molecule has 5 heteroatoms. The number of carboxylic acids is 1. The van der Waals surface area contributed by atoms with E-state index in [0.29, 0.717) is 19.0 Å². The molecule has 1 fully saturated rings. The Morgan fingerprint density at radius 2 is 2.11 bits per heavy atom. The van der Waals surface area contributed by atoms with Gasteiger partial charge in [0.25, 0.3) is 0 Å². The third kappa shape index (κ3) is 5.19. The van der Waals surface area contributed by atoms with Gasteiger partial charge in [0, 0.05) is 6.54 Å². The van der Waals surface area contributed by atoms with Crippen molar-refractivity contribution in [3.05, 3.63) is 0 Å². The van der Waals surface area contributed by atoms with Gasteiger partial charge in [-0.1, -0.05) is 20.8 Å². The Balaban J connectivity index is 2.44. The van der Waals surface area contributed by atoms with Crippen LogP contribution in [0.2, 0.25) is 0 Å². The highest BCUT2D eigenvalue weighted by Crippen LogP contribution is 2.23. The Morgan fingerprint density at radius 1 is 1.42 bits per heavy atom. The number of carboxylic acid groups (broad SMARTS) is 1. The first-order valence-electron chi connectivity index (χ1n) is 7.15.